The summed E-state index contributed by atoms with van der Waals surface area (Å²) in [5, 5.41) is 9.71. The Morgan fingerprint density at radius 3 is 1.27 bits per heavy atom. The molecule has 0 saturated heterocycles. The highest BCUT2D eigenvalue weighted by Gasteiger charge is 2.36. The van der Waals surface area contributed by atoms with Gasteiger partial charge in [-0.25, -0.2) is 0 Å². The van der Waals surface area contributed by atoms with Gasteiger partial charge < -0.3 is 5.11 Å². The molecule has 1 aromatic carbocycles. The van der Waals surface area contributed by atoms with Crippen molar-refractivity contribution in [3.8, 4) is 0 Å². The molecule has 1 unspecified atom stereocenters. The van der Waals surface area contributed by atoms with Crippen LogP contribution in [-0.4, -0.2) is 17.1 Å². The van der Waals surface area contributed by atoms with Crippen LogP contribution in [-0.2, 0) is 9.12 Å². The highest BCUT2D eigenvalue weighted by Crippen LogP contribution is 2.37. The SMILES string of the molecule is O=C(O)C(Br)(CCCCCCCCCCCCCCCCCCCCCC[Si](Cl)(Cl)Cl)c1ccccc1. The summed E-state index contributed by atoms with van der Waals surface area (Å²) in [6, 6.07) is 7.94. The smallest absolute Gasteiger partial charge is 0.341 e. The number of aliphatic carboxylic acids is 1. The Labute approximate surface area is 250 Å². The normalized spacial score (nSPS) is 13.5. The van der Waals surface area contributed by atoms with E-state index in [0.29, 0.717) is 6.42 Å². The van der Waals surface area contributed by atoms with Gasteiger partial charge in [0.05, 0.1) is 0 Å². The minimum atomic E-state index is -2.39. The third kappa shape index (κ3) is 19.1. The summed E-state index contributed by atoms with van der Waals surface area (Å²) in [5.74, 6) is -0.794. The number of benzene rings is 1. The van der Waals surface area contributed by atoms with Crippen LogP contribution in [0.15, 0.2) is 30.3 Å². The van der Waals surface area contributed by atoms with E-state index in [4.69, 9.17) is 33.2 Å². The first-order valence-corrected chi connectivity index (χ1v) is 20.8. The molecule has 0 aliphatic carbocycles. The summed E-state index contributed by atoms with van der Waals surface area (Å²) < 4.78 is -0.954. The summed E-state index contributed by atoms with van der Waals surface area (Å²) >= 11 is 21.2. The van der Waals surface area contributed by atoms with Gasteiger partial charge in [0, 0.05) is 0 Å². The van der Waals surface area contributed by atoms with Gasteiger partial charge in [0.25, 0.3) is 0 Å². The second-order valence-corrected chi connectivity index (χ2v) is 21.3. The summed E-state index contributed by atoms with van der Waals surface area (Å²) in [4.78, 5) is 11.8. The third-order valence-corrected chi connectivity index (χ3v) is 11.1. The molecule has 1 rings (SSSR count). The fourth-order valence-corrected chi connectivity index (χ4v) is 7.35. The van der Waals surface area contributed by atoms with Gasteiger partial charge in [-0.05, 0) is 18.0 Å². The van der Waals surface area contributed by atoms with Crippen LogP contribution in [0.4, 0.5) is 0 Å². The zero-order valence-electron chi connectivity index (χ0n) is 22.8. The summed E-state index contributed by atoms with van der Waals surface area (Å²) in [7, 11) is 0. The number of halogens is 4. The number of hydrogen-bond acceptors (Lipinski definition) is 1. The molecule has 0 radical (unpaired) electrons. The predicted molar refractivity (Wildman–Crippen MR) is 170 cm³/mol. The van der Waals surface area contributed by atoms with Gasteiger partial charge in [-0.3, -0.25) is 4.79 Å². The summed E-state index contributed by atoms with van der Waals surface area (Å²) in [5.41, 5.74) is 0.834. The van der Waals surface area contributed by atoms with E-state index < -0.39 is 16.3 Å². The van der Waals surface area contributed by atoms with E-state index in [2.05, 4.69) is 15.9 Å². The third-order valence-electron chi connectivity index (χ3n) is 7.30. The molecule has 0 bridgehead atoms. The quantitative estimate of drug-likeness (QED) is 0.0492. The Morgan fingerprint density at radius 2 is 0.946 bits per heavy atom. The highest BCUT2D eigenvalue weighted by atomic mass is 79.9. The molecule has 1 atom stereocenters. The summed E-state index contributed by atoms with van der Waals surface area (Å²) in [6.45, 7) is 0. The van der Waals surface area contributed by atoms with Gasteiger partial charge in [-0.2, -0.15) is 0 Å². The lowest BCUT2D eigenvalue weighted by Gasteiger charge is -2.23. The van der Waals surface area contributed by atoms with Gasteiger partial charge in [0.15, 0.2) is 0 Å². The van der Waals surface area contributed by atoms with Crippen LogP contribution in [0.3, 0.4) is 0 Å². The second kappa shape index (κ2) is 22.0. The molecule has 0 aliphatic rings. The van der Waals surface area contributed by atoms with Gasteiger partial charge in [-0.1, -0.05) is 175 Å². The van der Waals surface area contributed by atoms with E-state index in [0.717, 1.165) is 30.9 Å². The van der Waals surface area contributed by atoms with Crippen LogP contribution in [0.2, 0.25) is 6.04 Å². The van der Waals surface area contributed by atoms with Crippen molar-refractivity contribution in [3.05, 3.63) is 35.9 Å². The van der Waals surface area contributed by atoms with Crippen LogP contribution >= 0.6 is 49.2 Å². The van der Waals surface area contributed by atoms with Crippen LogP contribution in [0, 0.1) is 0 Å². The Morgan fingerprint density at radius 1 is 0.622 bits per heavy atom. The van der Waals surface area contributed by atoms with E-state index in [1.165, 1.54) is 109 Å². The molecule has 0 fully saturated rings. The largest absolute Gasteiger partial charge is 0.480 e. The molecule has 0 heterocycles. The van der Waals surface area contributed by atoms with Gasteiger partial charge in [0.2, 0.25) is 0 Å². The first kappa shape index (κ1) is 35.3. The van der Waals surface area contributed by atoms with E-state index in [1.807, 2.05) is 30.3 Å². The van der Waals surface area contributed by atoms with E-state index in [9.17, 15) is 9.90 Å². The van der Waals surface area contributed by atoms with Gasteiger partial charge >= 0.3 is 12.0 Å². The van der Waals surface area contributed by atoms with Crippen molar-refractivity contribution in [1.29, 1.82) is 0 Å². The van der Waals surface area contributed by atoms with Crippen LogP contribution in [0.5, 0.6) is 0 Å². The molecule has 214 valence electrons. The van der Waals surface area contributed by atoms with Crippen LogP contribution in [0.1, 0.15) is 140 Å². The molecule has 2 nitrogen and oxygen atoms in total. The number of rotatable bonds is 25. The molecule has 1 aromatic rings. The standard InChI is InChI=1S/C30H50BrCl3O2Si/c31-30(29(35)36,28-24-20-19-21-25-28)26-22-17-15-13-11-9-7-5-3-1-2-4-6-8-10-12-14-16-18-23-27-37(32,33)34/h19-21,24-25H,1-18,22-23,26-27H2,(H,35,36). The first-order valence-electron chi connectivity index (χ1n) is 14.8. The number of unbranched alkanes of at least 4 members (excludes halogenated alkanes) is 19. The average molecular weight is 657 g/mol. The highest BCUT2D eigenvalue weighted by molar-refractivity contribution is 9.10. The van der Waals surface area contributed by atoms with Crippen molar-refractivity contribution in [2.75, 3.05) is 0 Å². The van der Waals surface area contributed by atoms with Gasteiger partial charge in [-0.15, -0.1) is 33.2 Å². The molecule has 0 spiro atoms. The maximum Gasteiger partial charge on any atom is 0.341 e. The van der Waals surface area contributed by atoms with Crippen molar-refractivity contribution < 1.29 is 9.90 Å². The molecule has 0 saturated carbocycles. The lowest BCUT2D eigenvalue weighted by Crippen LogP contribution is -2.29. The number of hydrogen-bond donors (Lipinski definition) is 1. The van der Waals surface area contributed by atoms with Crippen LogP contribution < -0.4 is 0 Å². The van der Waals surface area contributed by atoms with Gasteiger partial charge in [0.1, 0.15) is 4.32 Å². The monoisotopic (exact) mass is 654 g/mol. The molecule has 7 heteroatoms. The van der Waals surface area contributed by atoms with Crippen LogP contribution in [0.25, 0.3) is 0 Å². The first-order chi connectivity index (χ1) is 17.8. The maximum atomic E-state index is 11.8. The number of carboxylic acids is 1. The predicted octanol–water partition coefficient (Wildman–Crippen LogP) is 12.2. The molecule has 0 amide bonds. The fraction of sp³-hybridized carbons (Fsp3) is 0.767. The van der Waals surface area contributed by atoms with E-state index in [-0.39, 0.29) is 0 Å². The molecule has 37 heavy (non-hydrogen) atoms. The molecule has 0 aliphatic heterocycles. The molecular weight excluding hydrogens is 607 g/mol. The Balaban J connectivity index is 1.82. The minimum Gasteiger partial charge on any atom is -0.480 e. The summed E-state index contributed by atoms with van der Waals surface area (Å²) in [6.07, 6.45) is 26.5. The maximum absolute atomic E-state index is 11.8. The lowest BCUT2D eigenvalue weighted by molar-refractivity contribution is -0.140. The van der Waals surface area contributed by atoms with Crippen molar-refractivity contribution in [2.24, 2.45) is 0 Å². The minimum absolute atomic E-state index is 0.633. The molecular formula is C30H50BrCl3O2Si. The number of carbonyl (C=O) groups is 1. The van der Waals surface area contributed by atoms with Crippen molar-refractivity contribution in [2.45, 2.75) is 145 Å². The number of alkyl halides is 1. The fourth-order valence-electron chi connectivity index (χ4n) is 4.95. The number of carboxylic acid groups (broad SMARTS) is 1. The van der Waals surface area contributed by atoms with E-state index in [1.54, 1.807) is 0 Å². The Bertz CT molecular complexity index is 687. The molecule has 1 N–H and O–H groups in total. The lowest BCUT2D eigenvalue weighted by atomic mass is 9.92. The second-order valence-electron chi connectivity index (χ2n) is 10.7. The molecule has 0 aromatic heterocycles. The van der Waals surface area contributed by atoms with Crippen molar-refractivity contribution in [1.82, 2.24) is 0 Å². The zero-order valence-corrected chi connectivity index (χ0v) is 27.7. The van der Waals surface area contributed by atoms with E-state index >= 15 is 0 Å². The van der Waals surface area contributed by atoms with Crippen molar-refractivity contribution in [3.63, 3.8) is 0 Å². The Kier molecular flexibility index (Phi) is 21.0. The topological polar surface area (TPSA) is 37.3 Å². The average Bonchev–Trinajstić information content (AvgIpc) is 2.86. The van der Waals surface area contributed by atoms with Crippen molar-refractivity contribution >= 4 is 61.1 Å². The zero-order chi connectivity index (χ0) is 27.2. The Hall–Kier alpha value is 0.257.